The standard InChI is InChI=1S/C34H40N8S.H3N/c1-4-28-30(25-7-5-6-22(2)20-25)38-34(43-28)24-10-8-23(9-11-24)31-29-32(35)36-21-37-33(29)42(39-31)27-14-12-26(13-15-27)41-18-16-40(3)17-19-41;/h5-11,20-21,26-27H,4,12-19H2,1-3H3,(H2,35,36,37);1H3. The van der Waals surface area contributed by atoms with Gasteiger partial charge in [0.2, 0.25) is 0 Å². The summed E-state index contributed by atoms with van der Waals surface area (Å²) in [6.45, 7) is 9.01. The van der Waals surface area contributed by atoms with E-state index in [-0.39, 0.29) is 6.15 Å². The van der Waals surface area contributed by atoms with Crippen molar-refractivity contribution in [3.63, 3.8) is 0 Å². The molecule has 1 saturated heterocycles. The van der Waals surface area contributed by atoms with Gasteiger partial charge < -0.3 is 16.8 Å². The van der Waals surface area contributed by atoms with Crippen molar-refractivity contribution in [2.45, 2.75) is 58.0 Å². The number of fused-ring (bicyclic) bond motifs is 1. The Morgan fingerprint density at radius 1 is 0.864 bits per heavy atom. The Kier molecular flexibility index (Phi) is 8.77. The molecule has 1 aliphatic heterocycles. The number of hydrogen-bond acceptors (Lipinski definition) is 9. The van der Waals surface area contributed by atoms with Crippen LogP contribution in [0.25, 0.3) is 44.1 Å². The van der Waals surface area contributed by atoms with Crippen molar-refractivity contribution in [1.29, 1.82) is 0 Å². The van der Waals surface area contributed by atoms with Gasteiger partial charge in [0.1, 0.15) is 22.8 Å². The second-order valence-corrected chi connectivity index (χ2v) is 13.2. The van der Waals surface area contributed by atoms with Gasteiger partial charge in [0.15, 0.2) is 5.65 Å². The number of nitrogens with zero attached hydrogens (tertiary/aromatic N) is 7. The first-order valence-electron chi connectivity index (χ1n) is 15.6. The molecule has 10 heteroatoms. The van der Waals surface area contributed by atoms with Crippen LogP contribution in [0.5, 0.6) is 0 Å². The van der Waals surface area contributed by atoms with Crippen molar-refractivity contribution in [2.75, 3.05) is 39.0 Å². The minimum atomic E-state index is 0. The zero-order valence-corrected chi connectivity index (χ0v) is 26.9. The Balaban J connectivity index is 0.00000343. The SMILES string of the molecule is CCc1sc(-c2ccc(-c3nn(C4CCC(N5CCN(C)CC5)CC4)c4ncnc(N)c34)cc2)nc1-c1cccc(C)c1.N. The number of aryl methyl sites for hydroxylation is 2. The Morgan fingerprint density at radius 2 is 1.57 bits per heavy atom. The number of anilines is 1. The van der Waals surface area contributed by atoms with Crippen LogP contribution in [0.2, 0.25) is 0 Å². The number of nitrogen functional groups attached to an aromatic ring is 1. The zero-order valence-electron chi connectivity index (χ0n) is 26.0. The maximum atomic E-state index is 6.47. The Labute approximate surface area is 263 Å². The largest absolute Gasteiger partial charge is 0.383 e. The van der Waals surface area contributed by atoms with Crippen LogP contribution in [0.1, 0.15) is 49.1 Å². The summed E-state index contributed by atoms with van der Waals surface area (Å²) in [5.74, 6) is 0.483. The molecule has 5 aromatic rings. The third-order valence-electron chi connectivity index (χ3n) is 9.30. The fourth-order valence-electron chi connectivity index (χ4n) is 6.81. The van der Waals surface area contributed by atoms with Crippen LogP contribution < -0.4 is 11.9 Å². The molecule has 3 aromatic heterocycles. The van der Waals surface area contributed by atoms with E-state index in [4.69, 9.17) is 15.8 Å². The van der Waals surface area contributed by atoms with Crippen molar-refractivity contribution in [1.82, 2.24) is 40.7 Å². The number of thiazole rings is 1. The maximum Gasteiger partial charge on any atom is 0.164 e. The highest BCUT2D eigenvalue weighted by atomic mass is 32.1. The Bertz CT molecular complexity index is 1730. The Morgan fingerprint density at radius 3 is 2.27 bits per heavy atom. The molecule has 0 spiro atoms. The summed E-state index contributed by atoms with van der Waals surface area (Å²) in [7, 11) is 2.22. The molecule has 2 fully saturated rings. The number of aromatic nitrogens is 5. The lowest BCUT2D eigenvalue weighted by molar-refractivity contribution is 0.0815. The molecule has 4 heterocycles. The summed E-state index contributed by atoms with van der Waals surface area (Å²) in [4.78, 5) is 20.6. The topological polar surface area (TPSA) is 124 Å². The smallest absolute Gasteiger partial charge is 0.164 e. The first-order chi connectivity index (χ1) is 21.0. The molecule has 0 radical (unpaired) electrons. The lowest BCUT2D eigenvalue weighted by Gasteiger charge is -2.41. The normalized spacial score (nSPS) is 19.7. The summed E-state index contributed by atoms with van der Waals surface area (Å²) in [6.07, 6.45) is 7.11. The molecule has 5 N–H and O–H groups in total. The number of rotatable bonds is 6. The lowest BCUT2D eigenvalue weighted by Crippen LogP contribution is -2.49. The van der Waals surface area contributed by atoms with Crippen molar-refractivity contribution in [3.8, 4) is 33.1 Å². The number of hydrogen-bond donors (Lipinski definition) is 2. The minimum absolute atomic E-state index is 0. The van der Waals surface area contributed by atoms with Gasteiger partial charge in [-0.25, -0.2) is 19.6 Å². The van der Waals surface area contributed by atoms with Crippen LogP contribution in [0.4, 0.5) is 5.82 Å². The predicted octanol–water partition coefficient (Wildman–Crippen LogP) is 6.63. The minimum Gasteiger partial charge on any atom is -0.383 e. The molecule has 0 amide bonds. The second-order valence-electron chi connectivity index (χ2n) is 12.1. The summed E-state index contributed by atoms with van der Waals surface area (Å²) in [5.41, 5.74) is 13.8. The quantitative estimate of drug-likeness (QED) is 0.220. The third-order valence-corrected chi connectivity index (χ3v) is 10.5. The van der Waals surface area contributed by atoms with Crippen molar-refractivity contribution < 1.29 is 0 Å². The van der Waals surface area contributed by atoms with E-state index in [1.807, 2.05) is 0 Å². The van der Waals surface area contributed by atoms with Crippen molar-refractivity contribution >= 4 is 28.2 Å². The first kappa shape index (κ1) is 30.3. The summed E-state index contributed by atoms with van der Waals surface area (Å²) in [5, 5.41) is 7.06. The highest BCUT2D eigenvalue weighted by Crippen LogP contribution is 2.39. The highest BCUT2D eigenvalue weighted by molar-refractivity contribution is 7.15. The first-order valence-corrected chi connectivity index (χ1v) is 16.4. The number of likely N-dealkylation sites (N-methyl/N-ethyl adjacent to an activating group) is 1. The molecule has 44 heavy (non-hydrogen) atoms. The number of piperazine rings is 1. The van der Waals surface area contributed by atoms with Crippen LogP contribution in [0.3, 0.4) is 0 Å². The monoisotopic (exact) mass is 609 g/mol. The number of nitrogens with two attached hydrogens (primary N) is 1. The summed E-state index contributed by atoms with van der Waals surface area (Å²) < 4.78 is 2.14. The van der Waals surface area contributed by atoms with Gasteiger partial charge in [0.05, 0.1) is 17.1 Å². The van der Waals surface area contributed by atoms with Gasteiger partial charge in [-0.1, -0.05) is 55.0 Å². The van der Waals surface area contributed by atoms with E-state index in [1.54, 1.807) is 17.7 Å². The molecular weight excluding hydrogens is 567 g/mol. The summed E-state index contributed by atoms with van der Waals surface area (Å²) >= 11 is 1.78. The lowest BCUT2D eigenvalue weighted by atomic mass is 9.90. The van der Waals surface area contributed by atoms with Gasteiger partial charge in [-0.05, 0) is 52.1 Å². The fourth-order valence-corrected chi connectivity index (χ4v) is 7.84. The second kappa shape index (κ2) is 12.7. The van der Waals surface area contributed by atoms with E-state index in [1.165, 1.54) is 41.9 Å². The van der Waals surface area contributed by atoms with E-state index < -0.39 is 0 Å². The van der Waals surface area contributed by atoms with Crippen molar-refractivity contribution in [2.24, 2.45) is 0 Å². The molecule has 0 bridgehead atoms. The van der Waals surface area contributed by atoms with Gasteiger partial charge in [0.25, 0.3) is 0 Å². The van der Waals surface area contributed by atoms with Crippen molar-refractivity contribution in [3.05, 3.63) is 65.3 Å². The van der Waals surface area contributed by atoms with Gasteiger partial charge in [0, 0.05) is 53.8 Å². The van der Waals surface area contributed by atoms with E-state index in [2.05, 4.69) is 93.9 Å². The molecule has 7 rings (SSSR count). The Hall–Kier alpha value is -3.70. The highest BCUT2D eigenvalue weighted by Gasteiger charge is 2.30. The predicted molar refractivity (Wildman–Crippen MR) is 181 cm³/mol. The molecule has 2 aliphatic rings. The molecular formula is C34H43N9S. The number of benzene rings is 2. The third kappa shape index (κ3) is 5.75. The molecule has 1 aliphatic carbocycles. The zero-order chi connectivity index (χ0) is 29.5. The van der Waals surface area contributed by atoms with E-state index in [0.29, 0.717) is 17.9 Å². The average molecular weight is 610 g/mol. The van der Waals surface area contributed by atoms with Crippen LogP contribution in [-0.4, -0.2) is 73.8 Å². The molecule has 2 aromatic carbocycles. The maximum absolute atomic E-state index is 6.47. The molecule has 9 nitrogen and oxygen atoms in total. The van der Waals surface area contributed by atoms with Crippen LogP contribution in [-0.2, 0) is 6.42 Å². The molecule has 0 unspecified atom stereocenters. The van der Waals surface area contributed by atoms with E-state index >= 15 is 0 Å². The van der Waals surface area contributed by atoms with Crippen LogP contribution in [0.15, 0.2) is 54.9 Å². The summed E-state index contributed by atoms with van der Waals surface area (Å²) in [6, 6.07) is 18.2. The van der Waals surface area contributed by atoms with Gasteiger partial charge >= 0.3 is 0 Å². The molecule has 1 saturated carbocycles. The fraction of sp³-hybridized carbons (Fsp3) is 0.412. The van der Waals surface area contributed by atoms with Gasteiger partial charge in [-0.2, -0.15) is 5.10 Å². The van der Waals surface area contributed by atoms with Crippen LogP contribution in [0, 0.1) is 6.92 Å². The van der Waals surface area contributed by atoms with E-state index in [0.717, 1.165) is 70.9 Å². The van der Waals surface area contributed by atoms with E-state index in [9.17, 15) is 0 Å². The van der Waals surface area contributed by atoms with Gasteiger partial charge in [-0.15, -0.1) is 11.3 Å². The molecule has 230 valence electrons. The van der Waals surface area contributed by atoms with Gasteiger partial charge in [-0.3, -0.25) is 4.90 Å². The van der Waals surface area contributed by atoms with Crippen LogP contribution >= 0.6 is 11.3 Å². The average Bonchev–Trinajstić information content (AvgIpc) is 3.65. The molecule has 0 atom stereocenters.